The molecule has 0 saturated carbocycles. The lowest BCUT2D eigenvalue weighted by Crippen LogP contribution is -2.39. The molecule has 2 heterocycles. The van der Waals surface area contributed by atoms with Crippen molar-refractivity contribution in [2.45, 2.75) is 25.4 Å². The largest absolute Gasteiger partial charge is 0.463 e. The van der Waals surface area contributed by atoms with Gasteiger partial charge in [0.2, 0.25) is 11.8 Å². The number of hydrogen-bond acceptors (Lipinski definition) is 6. The van der Waals surface area contributed by atoms with Crippen molar-refractivity contribution in [3.63, 3.8) is 0 Å². The van der Waals surface area contributed by atoms with Crippen molar-refractivity contribution in [3.8, 4) is 0 Å². The molecule has 8 heteroatoms. The van der Waals surface area contributed by atoms with Gasteiger partial charge in [-0.2, -0.15) is 0 Å². The summed E-state index contributed by atoms with van der Waals surface area (Å²) >= 11 is 3.21. The number of Topliss-reactive ketones (excluding diaryl/α,β-unsaturated/α-hetero) is 1. The minimum absolute atomic E-state index is 0.169. The molecule has 1 saturated heterocycles. The Morgan fingerprint density at radius 2 is 1.81 bits per heavy atom. The summed E-state index contributed by atoms with van der Waals surface area (Å²) in [5.41, 5.74) is 2.84. The van der Waals surface area contributed by atoms with E-state index in [9.17, 15) is 24.3 Å². The Labute approximate surface area is 221 Å². The van der Waals surface area contributed by atoms with E-state index >= 15 is 0 Å². The molecule has 2 aromatic rings. The third-order valence-corrected chi connectivity index (χ3v) is 8.43. The van der Waals surface area contributed by atoms with Gasteiger partial charge < -0.3 is 9.52 Å². The SMILES string of the molecule is C=Cc1ccc(N2C(=O)C3CC=C4C(c5ccc(CO)o5)C5=C(CC4C3C2=O)C(=O)C(Br)=CC5=O)cc1. The van der Waals surface area contributed by atoms with E-state index in [0.717, 1.165) is 11.1 Å². The highest BCUT2D eigenvalue weighted by atomic mass is 79.9. The van der Waals surface area contributed by atoms with E-state index in [1.165, 1.54) is 11.0 Å². The van der Waals surface area contributed by atoms with Crippen LogP contribution >= 0.6 is 15.9 Å². The number of aliphatic hydroxyl groups is 1. The summed E-state index contributed by atoms with van der Waals surface area (Å²) in [7, 11) is 0. The molecular weight excluding hydrogens is 538 g/mol. The number of carbonyl (C=O) groups excluding carboxylic acids is 4. The van der Waals surface area contributed by atoms with Crippen LogP contribution in [-0.4, -0.2) is 28.5 Å². The molecule has 1 fully saturated rings. The predicted octanol–water partition coefficient (Wildman–Crippen LogP) is 4.38. The molecule has 4 atom stereocenters. The molecule has 0 radical (unpaired) electrons. The number of imide groups is 1. The molecule has 3 aliphatic carbocycles. The molecule has 186 valence electrons. The number of hydrogen-bond donors (Lipinski definition) is 1. The van der Waals surface area contributed by atoms with Crippen molar-refractivity contribution >= 4 is 51.1 Å². The second kappa shape index (κ2) is 8.75. The zero-order chi connectivity index (χ0) is 26.0. The molecule has 1 N–H and O–H groups in total. The Hall–Kier alpha value is -3.62. The minimum atomic E-state index is -0.674. The number of halogens is 1. The van der Waals surface area contributed by atoms with Gasteiger partial charge in [-0.15, -0.1) is 0 Å². The van der Waals surface area contributed by atoms with Crippen molar-refractivity contribution in [1.29, 1.82) is 0 Å². The van der Waals surface area contributed by atoms with Gasteiger partial charge in [0.05, 0.1) is 27.9 Å². The van der Waals surface area contributed by atoms with E-state index in [0.29, 0.717) is 34.8 Å². The molecule has 6 rings (SSSR count). The molecule has 7 nitrogen and oxygen atoms in total. The van der Waals surface area contributed by atoms with E-state index in [1.807, 2.05) is 6.08 Å². The smallest absolute Gasteiger partial charge is 0.238 e. The fourth-order valence-corrected chi connectivity index (χ4v) is 6.63. The van der Waals surface area contributed by atoms with Crippen LogP contribution in [0.25, 0.3) is 6.08 Å². The van der Waals surface area contributed by atoms with Gasteiger partial charge in [0.1, 0.15) is 18.1 Å². The Morgan fingerprint density at radius 1 is 1.05 bits per heavy atom. The van der Waals surface area contributed by atoms with Crippen molar-refractivity contribution in [3.05, 3.63) is 93.4 Å². The van der Waals surface area contributed by atoms with Gasteiger partial charge in [0.15, 0.2) is 11.6 Å². The number of allylic oxidation sites excluding steroid dienone is 6. The van der Waals surface area contributed by atoms with Gasteiger partial charge >= 0.3 is 0 Å². The zero-order valence-electron chi connectivity index (χ0n) is 19.6. The summed E-state index contributed by atoms with van der Waals surface area (Å²) < 4.78 is 6.03. The van der Waals surface area contributed by atoms with Crippen LogP contribution in [-0.2, 0) is 25.8 Å². The van der Waals surface area contributed by atoms with Crippen molar-refractivity contribution in [2.24, 2.45) is 17.8 Å². The second-order valence-corrected chi connectivity index (χ2v) is 10.5. The molecule has 0 bridgehead atoms. The summed E-state index contributed by atoms with van der Waals surface area (Å²) in [6, 6.07) is 10.4. The molecule has 37 heavy (non-hydrogen) atoms. The van der Waals surface area contributed by atoms with E-state index in [1.54, 1.807) is 42.5 Å². The highest BCUT2D eigenvalue weighted by Gasteiger charge is 2.57. The first kappa shape index (κ1) is 23.8. The predicted molar refractivity (Wildman–Crippen MR) is 138 cm³/mol. The number of furan rings is 1. The lowest BCUT2D eigenvalue weighted by Gasteiger charge is -2.41. The van der Waals surface area contributed by atoms with E-state index in [-0.39, 0.29) is 40.9 Å². The van der Waals surface area contributed by atoms with Crippen LogP contribution < -0.4 is 4.90 Å². The Kier molecular flexibility index (Phi) is 5.62. The Morgan fingerprint density at radius 3 is 2.49 bits per heavy atom. The normalized spacial score (nSPS) is 27.0. The number of fused-ring (bicyclic) bond motifs is 3. The number of amides is 2. The Balaban J connectivity index is 1.45. The van der Waals surface area contributed by atoms with Gasteiger partial charge in [0, 0.05) is 17.2 Å². The third kappa shape index (κ3) is 3.50. The van der Waals surface area contributed by atoms with E-state index < -0.39 is 23.7 Å². The number of anilines is 1. The quantitative estimate of drug-likeness (QED) is 0.338. The summed E-state index contributed by atoms with van der Waals surface area (Å²) in [6.45, 7) is 3.43. The highest BCUT2D eigenvalue weighted by Crippen LogP contribution is 2.55. The maximum atomic E-state index is 13.8. The van der Waals surface area contributed by atoms with Gasteiger partial charge in [-0.05, 0) is 64.5 Å². The molecule has 1 aromatic heterocycles. The number of aliphatic hydroxyl groups excluding tert-OH is 1. The van der Waals surface area contributed by atoms with Crippen LogP contribution in [0.5, 0.6) is 0 Å². The van der Waals surface area contributed by atoms with Crippen molar-refractivity contribution in [1.82, 2.24) is 0 Å². The number of ketones is 2. The summed E-state index contributed by atoms with van der Waals surface area (Å²) in [4.78, 5) is 55.0. The molecular formula is C29H22BrNO6. The standard InChI is InChI=1S/C29H22BrNO6/c1-2-14-3-5-15(6-4-14)31-28(35)18-9-8-17-19(24(18)29(31)36)11-20-25(22(33)12-21(30)27(20)34)26(17)23-10-7-16(13-32)37-23/h2-8,10,12,18-19,24,26,32H,1,9,11,13H2. The van der Waals surface area contributed by atoms with Gasteiger partial charge in [-0.1, -0.05) is 36.4 Å². The maximum Gasteiger partial charge on any atom is 0.238 e. The summed E-state index contributed by atoms with van der Waals surface area (Å²) in [5, 5.41) is 9.55. The molecule has 4 unspecified atom stereocenters. The molecule has 1 aliphatic heterocycles. The minimum Gasteiger partial charge on any atom is -0.463 e. The number of benzene rings is 1. The van der Waals surface area contributed by atoms with Crippen LogP contribution in [0.2, 0.25) is 0 Å². The van der Waals surface area contributed by atoms with E-state index in [2.05, 4.69) is 22.5 Å². The third-order valence-electron chi connectivity index (χ3n) is 7.84. The average molecular weight is 560 g/mol. The first-order chi connectivity index (χ1) is 17.8. The fraction of sp³-hybridized carbons (Fsp3) is 0.241. The number of carbonyl (C=O) groups is 4. The number of nitrogens with zero attached hydrogens (tertiary/aromatic N) is 1. The van der Waals surface area contributed by atoms with Gasteiger partial charge in [-0.25, -0.2) is 0 Å². The highest BCUT2D eigenvalue weighted by molar-refractivity contribution is 9.12. The molecule has 1 aromatic carbocycles. The molecule has 4 aliphatic rings. The fourth-order valence-electron chi connectivity index (χ4n) is 6.18. The second-order valence-electron chi connectivity index (χ2n) is 9.66. The first-order valence-corrected chi connectivity index (χ1v) is 12.8. The van der Waals surface area contributed by atoms with E-state index in [4.69, 9.17) is 4.42 Å². The first-order valence-electron chi connectivity index (χ1n) is 12.0. The monoisotopic (exact) mass is 559 g/mol. The van der Waals surface area contributed by atoms with Crippen molar-refractivity contribution < 1.29 is 28.7 Å². The van der Waals surface area contributed by atoms with Crippen LogP contribution in [0, 0.1) is 17.8 Å². The lowest BCUT2D eigenvalue weighted by atomic mass is 9.60. The lowest BCUT2D eigenvalue weighted by molar-refractivity contribution is -0.123. The topological polar surface area (TPSA) is 105 Å². The molecule has 0 spiro atoms. The van der Waals surface area contributed by atoms with Crippen LogP contribution in [0.15, 0.2) is 80.7 Å². The van der Waals surface area contributed by atoms with Gasteiger partial charge in [-0.3, -0.25) is 24.1 Å². The summed E-state index contributed by atoms with van der Waals surface area (Å²) in [6.07, 6.45) is 5.42. The Bertz CT molecular complexity index is 1490. The zero-order valence-corrected chi connectivity index (χ0v) is 21.2. The van der Waals surface area contributed by atoms with Crippen LogP contribution in [0.1, 0.15) is 35.8 Å². The average Bonchev–Trinajstić information content (AvgIpc) is 3.48. The number of rotatable bonds is 4. The van der Waals surface area contributed by atoms with Gasteiger partial charge in [0.25, 0.3) is 0 Å². The van der Waals surface area contributed by atoms with Crippen LogP contribution in [0.4, 0.5) is 5.69 Å². The molecule has 2 amide bonds. The maximum absolute atomic E-state index is 13.8. The van der Waals surface area contributed by atoms with Crippen LogP contribution in [0.3, 0.4) is 0 Å². The summed E-state index contributed by atoms with van der Waals surface area (Å²) in [5.74, 6) is -2.75. The van der Waals surface area contributed by atoms with Crippen molar-refractivity contribution in [2.75, 3.05) is 4.90 Å².